The Morgan fingerprint density at radius 2 is 1.78 bits per heavy atom. The fourth-order valence-electron chi connectivity index (χ4n) is 6.53. The third-order valence-electron chi connectivity index (χ3n) is 10.1. The number of likely N-dealkylation sites (N-methyl/N-ethyl adjacent to an activating group) is 1. The molecule has 1 N–H and O–H groups in total. The molecule has 280 valence electrons. The lowest BCUT2D eigenvalue weighted by atomic mass is 9.72. The van der Waals surface area contributed by atoms with E-state index in [2.05, 4.69) is 59.8 Å². The van der Waals surface area contributed by atoms with E-state index >= 15 is 0 Å². The number of nitrogens with zero attached hydrogens (tertiary/aromatic N) is 7. The van der Waals surface area contributed by atoms with Gasteiger partial charge in [-0.25, -0.2) is 14.8 Å². The number of rotatable bonds is 11. The van der Waals surface area contributed by atoms with Crippen LogP contribution in [0, 0.1) is 19.3 Å². The molecule has 0 aliphatic carbocycles. The van der Waals surface area contributed by atoms with Crippen molar-refractivity contribution in [2.75, 3.05) is 57.8 Å². The number of aryl methyl sites for hydroxylation is 1. The fraction of sp³-hybridized carbons (Fsp3) is 0.588. The van der Waals surface area contributed by atoms with E-state index in [1.807, 2.05) is 20.9 Å². The van der Waals surface area contributed by atoms with E-state index in [4.69, 9.17) is 30.7 Å². The molecule has 1 spiro atoms. The second-order valence-corrected chi connectivity index (χ2v) is 21.4. The number of halogens is 5. The molecule has 51 heavy (non-hydrogen) atoms. The molecule has 0 bridgehead atoms. The third-order valence-corrected chi connectivity index (χ3v) is 15.7. The van der Waals surface area contributed by atoms with Gasteiger partial charge in [-0.05, 0) is 66.1 Å². The lowest BCUT2D eigenvalue weighted by Crippen LogP contribution is -2.73. The van der Waals surface area contributed by atoms with Crippen LogP contribution in [0.2, 0.25) is 23.2 Å². The molecule has 1 atom stereocenters. The van der Waals surface area contributed by atoms with Crippen LogP contribution in [0.1, 0.15) is 31.9 Å². The number of amides is 1. The number of carboxylic acid groups (broad SMARTS) is 1. The van der Waals surface area contributed by atoms with Gasteiger partial charge in [-0.2, -0.15) is 18.3 Å². The van der Waals surface area contributed by atoms with Crippen LogP contribution >= 0.6 is 27.5 Å². The van der Waals surface area contributed by atoms with Gasteiger partial charge in [0, 0.05) is 62.4 Å². The van der Waals surface area contributed by atoms with E-state index < -0.39 is 33.2 Å². The smallest absolute Gasteiger partial charge is 0.407 e. The molecule has 0 saturated carbocycles. The highest BCUT2D eigenvalue weighted by Gasteiger charge is 2.54. The summed E-state index contributed by atoms with van der Waals surface area (Å²) in [6.07, 6.45) is -5.81. The van der Waals surface area contributed by atoms with Crippen LogP contribution in [0.3, 0.4) is 0 Å². The van der Waals surface area contributed by atoms with E-state index in [1.54, 1.807) is 22.9 Å². The van der Waals surface area contributed by atoms with Gasteiger partial charge < -0.3 is 24.1 Å². The summed E-state index contributed by atoms with van der Waals surface area (Å²) in [5.74, 6) is 1.50. The Morgan fingerprint density at radius 3 is 2.33 bits per heavy atom. The predicted octanol–water partition coefficient (Wildman–Crippen LogP) is 7.64. The van der Waals surface area contributed by atoms with Crippen molar-refractivity contribution in [1.82, 2.24) is 29.5 Å². The lowest BCUT2D eigenvalue weighted by molar-refractivity contribution is -0.172. The molecule has 2 aromatic heterocycles. The summed E-state index contributed by atoms with van der Waals surface area (Å²) in [7, 11) is 1.06. The average molecular weight is 817 g/mol. The van der Waals surface area contributed by atoms with Gasteiger partial charge in [0.1, 0.15) is 22.8 Å². The lowest BCUT2D eigenvalue weighted by Gasteiger charge is -2.61. The highest BCUT2D eigenvalue weighted by Crippen LogP contribution is 2.45. The molecule has 2 fully saturated rings. The number of aromatic nitrogens is 4. The Labute approximate surface area is 311 Å². The van der Waals surface area contributed by atoms with Gasteiger partial charge in [-0.1, -0.05) is 32.4 Å². The Hall–Kier alpha value is -2.92. The van der Waals surface area contributed by atoms with Crippen LogP contribution in [0.25, 0.3) is 22.8 Å². The van der Waals surface area contributed by atoms with Crippen molar-refractivity contribution in [3.05, 3.63) is 39.0 Å². The summed E-state index contributed by atoms with van der Waals surface area (Å²) >= 11 is 10.3. The van der Waals surface area contributed by atoms with E-state index in [-0.39, 0.29) is 23.6 Å². The minimum atomic E-state index is -4.22. The molecule has 5 rings (SSSR count). The zero-order chi connectivity index (χ0) is 37.8. The number of anilines is 1. The molecule has 2 aliphatic rings. The molecule has 2 saturated heterocycles. The van der Waals surface area contributed by atoms with Gasteiger partial charge in [-0.3, -0.25) is 9.58 Å². The topological polar surface area (TPSA) is 109 Å². The van der Waals surface area contributed by atoms with Crippen molar-refractivity contribution in [1.29, 1.82) is 0 Å². The highest BCUT2D eigenvalue weighted by atomic mass is 79.9. The van der Waals surface area contributed by atoms with E-state index in [0.717, 1.165) is 16.8 Å². The Bertz CT molecular complexity index is 1790. The maximum absolute atomic E-state index is 13.0. The fourth-order valence-corrected chi connectivity index (χ4v) is 8.49. The quantitative estimate of drug-likeness (QED) is 0.196. The van der Waals surface area contributed by atoms with Crippen molar-refractivity contribution in [2.45, 2.75) is 65.0 Å². The second-order valence-electron chi connectivity index (χ2n) is 15.5. The summed E-state index contributed by atoms with van der Waals surface area (Å²) in [4.78, 5) is 26.4. The van der Waals surface area contributed by atoms with Crippen LogP contribution in [-0.2, 0) is 11.5 Å². The van der Waals surface area contributed by atoms with Crippen LogP contribution in [0.15, 0.2) is 22.8 Å². The number of alkyl halides is 3. The first-order valence-electron chi connectivity index (χ1n) is 16.7. The number of benzene rings is 1. The molecule has 0 radical (unpaired) electrons. The van der Waals surface area contributed by atoms with Gasteiger partial charge >= 0.3 is 12.3 Å². The van der Waals surface area contributed by atoms with Crippen molar-refractivity contribution in [3.8, 4) is 28.5 Å². The molecule has 2 aliphatic heterocycles. The molecule has 17 heteroatoms. The number of likely N-dealkylation sites (tertiary alicyclic amines) is 1. The van der Waals surface area contributed by atoms with Gasteiger partial charge in [0.05, 0.1) is 35.6 Å². The average Bonchev–Trinajstić information content (AvgIpc) is 3.22. The number of hydrogen-bond donors (Lipinski definition) is 1. The first-order valence-corrected chi connectivity index (χ1v) is 20.7. The normalized spacial score (nSPS) is 16.9. The van der Waals surface area contributed by atoms with Crippen molar-refractivity contribution >= 4 is 47.8 Å². The van der Waals surface area contributed by atoms with E-state index in [0.29, 0.717) is 64.5 Å². The van der Waals surface area contributed by atoms with E-state index in [1.165, 1.54) is 16.8 Å². The first kappa shape index (κ1) is 39.3. The second kappa shape index (κ2) is 14.1. The molecule has 11 nitrogen and oxygen atoms in total. The maximum Gasteiger partial charge on any atom is 0.407 e. The molecule has 4 heterocycles. The molecular weight excluding hydrogens is 771 g/mol. The Kier molecular flexibility index (Phi) is 10.9. The van der Waals surface area contributed by atoms with Crippen LogP contribution < -0.4 is 9.64 Å². The third kappa shape index (κ3) is 8.50. The summed E-state index contributed by atoms with van der Waals surface area (Å²) in [5.41, 5.74) is 3.46. The zero-order valence-corrected chi connectivity index (χ0v) is 33.8. The van der Waals surface area contributed by atoms with Crippen LogP contribution in [0.5, 0.6) is 5.75 Å². The highest BCUT2D eigenvalue weighted by molar-refractivity contribution is 9.10. The molecular formula is C34H46BrClF3N7O4Si. The molecule has 3 aromatic rings. The van der Waals surface area contributed by atoms with Gasteiger partial charge in [0.25, 0.3) is 0 Å². The summed E-state index contributed by atoms with van der Waals surface area (Å²) in [6, 6.07) is 5.20. The predicted molar refractivity (Wildman–Crippen MR) is 197 cm³/mol. The number of ether oxygens (including phenoxy) is 1. The van der Waals surface area contributed by atoms with Crippen molar-refractivity contribution in [3.63, 3.8) is 0 Å². The first-order chi connectivity index (χ1) is 23.5. The van der Waals surface area contributed by atoms with Crippen molar-refractivity contribution in [2.24, 2.45) is 12.5 Å². The SMILES string of the molecule is Cc1c(-c2c(C)c(Br)nn2C)nc(-c2cc(OCC(CN(C)C(=O)O)O[Si](C)(C)C(C)(C)C)ccc2Cl)nc1N1CC2(CN(CC(F)(F)F)C2)C1. The molecule has 1 unspecified atom stereocenters. The zero-order valence-electron chi connectivity index (χ0n) is 30.5. The van der Waals surface area contributed by atoms with Crippen LogP contribution in [-0.4, -0.2) is 114 Å². The largest absolute Gasteiger partial charge is 0.491 e. The monoisotopic (exact) mass is 815 g/mol. The van der Waals surface area contributed by atoms with Gasteiger partial charge in [0.2, 0.25) is 0 Å². The summed E-state index contributed by atoms with van der Waals surface area (Å²) in [6.45, 7) is 15.7. The number of hydrogen-bond acceptors (Lipinski definition) is 8. The van der Waals surface area contributed by atoms with E-state index in [9.17, 15) is 23.1 Å². The molecule has 1 aromatic carbocycles. The Morgan fingerprint density at radius 1 is 1.14 bits per heavy atom. The van der Waals surface area contributed by atoms with Gasteiger partial charge in [0.15, 0.2) is 14.1 Å². The number of carbonyl (C=O) groups is 1. The minimum Gasteiger partial charge on any atom is -0.491 e. The van der Waals surface area contributed by atoms with Crippen LogP contribution in [0.4, 0.5) is 23.8 Å². The maximum atomic E-state index is 13.0. The van der Waals surface area contributed by atoms with Crippen molar-refractivity contribution < 1.29 is 32.2 Å². The Balaban J connectivity index is 1.46. The standard InChI is InChI=1S/C34H46BrClF3N7O4Si/c1-20-26(27-21(2)28(35)42-44(27)7)40-29(41-30(20)46-17-33(18-46)15-45(16-33)19-34(37,38)39)24-12-22(10-11-25(24)36)49-14-23(13-43(6)31(47)48)50-51(8,9)32(3,4)5/h10-12,23H,13-19H2,1-9H3,(H,47,48). The summed E-state index contributed by atoms with van der Waals surface area (Å²) in [5, 5.41) is 14.4. The molecule has 1 amide bonds. The minimum absolute atomic E-state index is 0.0971. The summed E-state index contributed by atoms with van der Waals surface area (Å²) < 4.78 is 54.2. The van der Waals surface area contributed by atoms with Gasteiger partial charge in [-0.15, -0.1) is 0 Å².